The molecule has 2 N–H and O–H groups in total. The van der Waals surface area contributed by atoms with E-state index in [9.17, 15) is 4.79 Å². The summed E-state index contributed by atoms with van der Waals surface area (Å²) in [6.45, 7) is 7.31. The Balaban J connectivity index is 1.56. The number of carbonyl (C=O) groups excluding carboxylic acids is 1. The molecule has 0 aliphatic carbocycles. The average Bonchev–Trinajstić information content (AvgIpc) is 2.84. The molecule has 2 atom stereocenters. The average molecular weight is 227 g/mol. The fraction of sp³-hybridized carbons (Fsp3) is 0.909. The molecule has 5 heteroatoms. The van der Waals surface area contributed by atoms with E-state index in [4.69, 9.17) is 4.74 Å². The molecule has 2 aliphatic rings. The zero-order valence-electron chi connectivity index (χ0n) is 9.87. The number of nitrogens with zero attached hydrogens (tertiary/aromatic N) is 1. The summed E-state index contributed by atoms with van der Waals surface area (Å²) in [5, 5.41) is 6.20. The summed E-state index contributed by atoms with van der Waals surface area (Å²) in [5.41, 5.74) is 0. The maximum absolute atomic E-state index is 11.2. The molecule has 2 amide bonds. The van der Waals surface area contributed by atoms with Crippen LogP contribution in [0.2, 0.25) is 0 Å². The molecule has 92 valence electrons. The molecular weight excluding hydrogens is 206 g/mol. The third-order valence-corrected chi connectivity index (χ3v) is 3.44. The lowest BCUT2D eigenvalue weighted by Crippen LogP contribution is -2.36. The molecular formula is C11H21N3O2. The lowest BCUT2D eigenvalue weighted by atomic mass is 10.0. The van der Waals surface area contributed by atoms with Gasteiger partial charge in [0.1, 0.15) is 0 Å². The first-order chi connectivity index (χ1) is 7.77. The van der Waals surface area contributed by atoms with Crippen LogP contribution in [0.1, 0.15) is 13.3 Å². The maximum atomic E-state index is 11.2. The number of hydrogen-bond acceptors (Lipinski definition) is 3. The van der Waals surface area contributed by atoms with Crippen LogP contribution in [-0.4, -0.2) is 56.4 Å². The molecule has 5 nitrogen and oxygen atoms in total. The Kier molecular flexibility index (Phi) is 4.01. The predicted molar refractivity (Wildman–Crippen MR) is 61.4 cm³/mol. The molecule has 0 saturated carbocycles. The van der Waals surface area contributed by atoms with E-state index in [-0.39, 0.29) is 6.03 Å². The van der Waals surface area contributed by atoms with Crippen molar-refractivity contribution in [2.24, 2.45) is 5.92 Å². The minimum Gasteiger partial charge on any atom is -0.378 e. The Hall–Kier alpha value is -0.810. The van der Waals surface area contributed by atoms with Gasteiger partial charge in [-0.15, -0.1) is 0 Å². The molecule has 2 aliphatic heterocycles. The molecule has 0 radical (unpaired) electrons. The first-order valence-electron chi connectivity index (χ1n) is 6.12. The van der Waals surface area contributed by atoms with E-state index in [0.717, 1.165) is 45.8 Å². The number of rotatable bonds is 5. The highest BCUT2D eigenvalue weighted by Crippen LogP contribution is 2.18. The lowest BCUT2D eigenvalue weighted by molar-refractivity contribution is 0.105. The largest absolute Gasteiger partial charge is 0.378 e. The zero-order chi connectivity index (χ0) is 11.4. The Bertz CT molecular complexity index is 247. The Morgan fingerprint density at radius 2 is 2.50 bits per heavy atom. The van der Waals surface area contributed by atoms with Gasteiger partial charge in [-0.25, -0.2) is 4.79 Å². The molecule has 0 spiro atoms. The van der Waals surface area contributed by atoms with Gasteiger partial charge in [0.25, 0.3) is 0 Å². The van der Waals surface area contributed by atoms with Crippen molar-refractivity contribution >= 4 is 6.03 Å². The fourth-order valence-corrected chi connectivity index (χ4v) is 2.27. The van der Waals surface area contributed by atoms with Gasteiger partial charge in [-0.2, -0.15) is 0 Å². The normalized spacial score (nSPS) is 29.8. The molecule has 2 heterocycles. The van der Waals surface area contributed by atoms with Crippen molar-refractivity contribution in [3.63, 3.8) is 0 Å². The van der Waals surface area contributed by atoms with Crippen molar-refractivity contribution in [1.29, 1.82) is 0 Å². The molecule has 0 aromatic heterocycles. The highest BCUT2D eigenvalue weighted by atomic mass is 16.5. The van der Waals surface area contributed by atoms with Crippen LogP contribution < -0.4 is 10.6 Å². The summed E-state index contributed by atoms with van der Waals surface area (Å²) in [5.74, 6) is 0.632. The SMILES string of the molecule is CC1OCCC1CNCCN1CCNC1=O. The Morgan fingerprint density at radius 1 is 1.62 bits per heavy atom. The summed E-state index contributed by atoms with van der Waals surface area (Å²) >= 11 is 0. The van der Waals surface area contributed by atoms with Crippen molar-refractivity contribution in [2.45, 2.75) is 19.4 Å². The smallest absolute Gasteiger partial charge is 0.317 e. The van der Waals surface area contributed by atoms with Crippen LogP contribution in [-0.2, 0) is 4.74 Å². The van der Waals surface area contributed by atoms with E-state index < -0.39 is 0 Å². The second-order valence-electron chi connectivity index (χ2n) is 4.55. The van der Waals surface area contributed by atoms with Gasteiger partial charge in [0.05, 0.1) is 6.10 Å². The van der Waals surface area contributed by atoms with Crippen LogP contribution in [0.5, 0.6) is 0 Å². The van der Waals surface area contributed by atoms with Crippen molar-refractivity contribution < 1.29 is 9.53 Å². The van der Waals surface area contributed by atoms with Gasteiger partial charge in [0.2, 0.25) is 0 Å². The monoisotopic (exact) mass is 227 g/mol. The van der Waals surface area contributed by atoms with Crippen LogP contribution in [0.4, 0.5) is 4.79 Å². The van der Waals surface area contributed by atoms with Gasteiger partial charge in [-0.05, 0) is 19.3 Å². The van der Waals surface area contributed by atoms with E-state index in [1.54, 1.807) is 0 Å². The van der Waals surface area contributed by atoms with Gasteiger partial charge in [0.15, 0.2) is 0 Å². The van der Waals surface area contributed by atoms with Crippen LogP contribution in [0.25, 0.3) is 0 Å². The van der Waals surface area contributed by atoms with E-state index in [2.05, 4.69) is 17.6 Å². The van der Waals surface area contributed by atoms with E-state index >= 15 is 0 Å². The Morgan fingerprint density at radius 3 is 3.12 bits per heavy atom. The molecule has 0 bridgehead atoms. The second-order valence-corrected chi connectivity index (χ2v) is 4.55. The second kappa shape index (κ2) is 5.50. The molecule has 0 aromatic rings. The molecule has 2 saturated heterocycles. The third-order valence-electron chi connectivity index (χ3n) is 3.44. The van der Waals surface area contributed by atoms with Gasteiger partial charge < -0.3 is 20.3 Å². The quantitative estimate of drug-likeness (QED) is 0.651. The summed E-state index contributed by atoms with van der Waals surface area (Å²) < 4.78 is 5.50. The van der Waals surface area contributed by atoms with Gasteiger partial charge >= 0.3 is 6.03 Å². The van der Waals surface area contributed by atoms with Crippen LogP contribution in [0, 0.1) is 5.92 Å². The molecule has 0 aromatic carbocycles. The number of urea groups is 1. The highest BCUT2D eigenvalue weighted by Gasteiger charge is 2.23. The number of ether oxygens (including phenoxy) is 1. The van der Waals surface area contributed by atoms with E-state index in [1.807, 2.05) is 4.90 Å². The first-order valence-corrected chi connectivity index (χ1v) is 6.12. The van der Waals surface area contributed by atoms with Gasteiger partial charge in [-0.3, -0.25) is 0 Å². The maximum Gasteiger partial charge on any atom is 0.317 e. The summed E-state index contributed by atoms with van der Waals surface area (Å²) in [6.07, 6.45) is 1.53. The standard InChI is InChI=1S/C11H21N3O2/c1-9-10(2-7-16-9)8-12-3-5-14-6-4-13-11(14)15/h9-10,12H,2-8H2,1H3,(H,13,15). The number of hydrogen-bond donors (Lipinski definition) is 2. The van der Waals surface area contributed by atoms with Crippen molar-refractivity contribution in [1.82, 2.24) is 15.5 Å². The zero-order valence-corrected chi connectivity index (χ0v) is 9.87. The molecule has 2 unspecified atom stereocenters. The number of nitrogens with one attached hydrogen (secondary N) is 2. The van der Waals surface area contributed by atoms with Gasteiger partial charge in [-0.1, -0.05) is 0 Å². The minimum absolute atomic E-state index is 0.0689. The molecule has 2 fully saturated rings. The third kappa shape index (κ3) is 2.86. The minimum atomic E-state index is 0.0689. The fourth-order valence-electron chi connectivity index (χ4n) is 2.27. The van der Waals surface area contributed by atoms with Crippen LogP contribution in [0.15, 0.2) is 0 Å². The van der Waals surface area contributed by atoms with E-state index in [0.29, 0.717) is 12.0 Å². The summed E-state index contributed by atoms with van der Waals surface area (Å²) in [7, 11) is 0. The predicted octanol–water partition coefficient (Wildman–Crippen LogP) is 0.0262. The number of amides is 2. The van der Waals surface area contributed by atoms with Crippen molar-refractivity contribution in [3.8, 4) is 0 Å². The summed E-state index contributed by atoms with van der Waals surface area (Å²) in [4.78, 5) is 13.1. The number of carbonyl (C=O) groups is 1. The van der Waals surface area contributed by atoms with E-state index in [1.165, 1.54) is 0 Å². The highest BCUT2D eigenvalue weighted by molar-refractivity contribution is 5.76. The molecule has 2 rings (SSSR count). The van der Waals surface area contributed by atoms with Crippen molar-refractivity contribution in [3.05, 3.63) is 0 Å². The van der Waals surface area contributed by atoms with Crippen LogP contribution >= 0.6 is 0 Å². The topological polar surface area (TPSA) is 53.6 Å². The first kappa shape index (κ1) is 11.7. The molecule has 16 heavy (non-hydrogen) atoms. The Labute approximate surface area is 96.5 Å². The lowest BCUT2D eigenvalue weighted by Gasteiger charge is -2.17. The van der Waals surface area contributed by atoms with Crippen LogP contribution in [0.3, 0.4) is 0 Å². The van der Waals surface area contributed by atoms with Crippen molar-refractivity contribution in [2.75, 3.05) is 39.3 Å². The summed E-state index contributed by atoms with van der Waals surface area (Å²) in [6, 6.07) is 0.0689. The van der Waals surface area contributed by atoms with Gasteiger partial charge in [0, 0.05) is 39.3 Å².